The van der Waals surface area contributed by atoms with Gasteiger partial charge in [-0.2, -0.15) is 0 Å². The molecule has 3 heterocycles. The summed E-state index contributed by atoms with van der Waals surface area (Å²) in [6.45, 7) is 3.17. The first-order chi connectivity index (χ1) is 16.9. The number of ether oxygens (including phenoxy) is 1. The maximum absolute atomic E-state index is 12.8. The molecule has 1 aliphatic rings. The van der Waals surface area contributed by atoms with Crippen molar-refractivity contribution >= 4 is 35.2 Å². The summed E-state index contributed by atoms with van der Waals surface area (Å²) in [4.78, 5) is 46.2. The number of nitrogens with zero attached hydrogens (tertiary/aromatic N) is 4. The van der Waals surface area contributed by atoms with Crippen LogP contribution in [0, 0.1) is 5.92 Å². The second-order valence-corrected chi connectivity index (χ2v) is 9.63. The van der Waals surface area contributed by atoms with E-state index in [0.29, 0.717) is 38.1 Å². The number of carbonyl (C=O) groups excluding carboxylic acids is 3. The molecule has 1 saturated heterocycles. The third-order valence-electron chi connectivity index (χ3n) is 6.09. The number of piperidine rings is 1. The molecule has 184 valence electrons. The number of esters is 1. The number of aromatic nitrogens is 2. The summed E-state index contributed by atoms with van der Waals surface area (Å²) in [5.74, 6) is 0.0877. The maximum atomic E-state index is 12.8. The number of likely N-dealkylation sites (N-methyl/N-ethyl adjacent to an activating group) is 1. The summed E-state index contributed by atoms with van der Waals surface area (Å²) in [5.41, 5.74) is 2.45. The van der Waals surface area contributed by atoms with Crippen LogP contribution in [0.15, 0.2) is 59.8 Å². The predicted octanol–water partition coefficient (Wildman–Crippen LogP) is 3.50. The van der Waals surface area contributed by atoms with Gasteiger partial charge in [-0.3, -0.25) is 14.4 Å². The first-order valence-electron chi connectivity index (χ1n) is 11.8. The smallest absolute Gasteiger partial charge is 0.309 e. The Kier molecular flexibility index (Phi) is 8.07. The minimum Gasteiger partial charge on any atom is -0.466 e. The fraction of sp³-hybridized carbons (Fsp3) is 0.385. The molecule has 1 fully saturated rings. The van der Waals surface area contributed by atoms with E-state index in [0.717, 1.165) is 22.0 Å². The molecule has 9 heteroatoms. The van der Waals surface area contributed by atoms with Crippen molar-refractivity contribution in [1.29, 1.82) is 0 Å². The summed E-state index contributed by atoms with van der Waals surface area (Å²) in [6.07, 6.45) is 5.18. The average Bonchev–Trinajstić information content (AvgIpc) is 3.30. The number of hydrogen-bond donors (Lipinski definition) is 0. The molecular weight excluding hydrogens is 464 g/mol. The third-order valence-corrected chi connectivity index (χ3v) is 7.13. The van der Waals surface area contributed by atoms with E-state index in [1.54, 1.807) is 42.8 Å². The Bertz CT molecular complexity index is 1150. The molecule has 0 N–H and O–H groups in total. The molecule has 3 aromatic rings. The van der Waals surface area contributed by atoms with Gasteiger partial charge in [0, 0.05) is 48.7 Å². The monoisotopic (exact) mass is 494 g/mol. The van der Waals surface area contributed by atoms with E-state index in [2.05, 4.69) is 4.98 Å². The number of thioether (sulfide) groups is 1. The highest BCUT2D eigenvalue weighted by Crippen LogP contribution is 2.24. The van der Waals surface area contributed by atoms with Gasteiger partial charge in [0.1, 0.15) is 5.65 Å². The number of carbonyl (C=O) groups is 3. The van der Waals surface area contributed by atoms with Crippen LogP contribution in [-0.2, 0) is 20.1 Å². The van der Waals surface area contributed by atoms with E-state index < -0.39 is 0 Å². The quantitative estimate of drug-likeness (QED) is 0.352. The summed E-state index contributed by atoms with van der Waals surface area (Å²) < 4.78 is 7.08. The number of hydrogen-bond acceptors (Lipinski definition) is 6. The van der Waals surface area contributed by atoms with Gasteiger partial charge in [-0.25, -0.2) is 4.98 Å². The average molecular weight is 495 g/mol. The fourth-order valence-electron chi connectivity index (χ4n) is 4.13. The standard InChI is InChI=1S/C26H30N4O4S/c1-3-34-26(33)20-11-14-29(15-12-20)24(31)17-28(2)25(32)19-7-9-22(10-8-19)35-18-21-16-30-13-5-4-6-23(30)27-21/h4-10,13,16,20H,3,11-12,14-15,17-18H2,1-2H3. The zero-order chi connectivity index (χ0) is 24.8. The van der Waals surface area contributed by atoms with Crippen LogP contribution < -0.4 is 0 Å². The van der Waals surface area contributed by atoms with Gasteiger partial charge in [-0.05, 0) is 56.2 Å². The van der Waals surface area contributed by atoms with Crippen molar-refractivity contribution in [1.82, 2.24) is 19.2 Å². The zero-order valence-electron chi connectivity index (χ0n) is 20.1. The van der Waals surface area contributed by atoms with Gasteiger partial charge in [0.25, 0.3) is 5.91 Å². The maximum Gasteiger partial charge on any atom is 0.309 e. The largest absolute Gasteiger partial charge is 0.466 e. The lowest BCUT2D eigenvalue weighted by atomic mass is 9.97. The van der Waals surface area contributed by atoms with Gasteiger partial charge in [-0.1, -0.05) is 6.07 Å². The van der Waals surface area contributed by atoms with E-state index in [1.165, 1.54) is 4.90 Å². The number of fused-ring (bicyclic) bond motifs is 1. The fourth-order valence-corrected chi connectivity index (χ4v) is 4.91. The molecule has 0 saturated carbocycles. The Balaban J connectivity index is 1.25. The summed E-state index contributed by atoms with van der Waals surface area (Å²) in [7, 11) is 1.64. The molecule has 2 aromatic heterocycles. The number of benzene rings is 1. The second-order valence-electron chi connectivity index (χ2n) is 8.58. The van der Waals surface area contributed by atoms with Crippen molar-refractivity contribution in [3.8, 4) is 0 Å². The van der Waals surface area contributed by atoms with Crippen molar-refractivity contribution < 1.29 is 19.1 Å². The number of likely N-dealkylation sites (tertiary alicyclic amines) is 1. The van der Waals surface area contributed by atoms with Crippen LogP contribution in [0.2, 0.25) is 0 Å². The number of rotatable bonds is 8. The molecule has 0 atom stereocenters. The van der Waals surface area contributed by atoms with Crippen molar-refractivity contribution in [3.05, 3.63) is 66.1 Å². The summed E-state index contributed by atoms with van der Waals surface area (Å²) in [6, 6.07) is 13.3. The van der Waals surface area contributed by atoms with Crippen LogP contribution in [-0.4, -0.2) is 70.3 Å². The molecular formula is C26H30N4O4S. The lowest BCUT2D eigenvalue weighted by molar-refractivity contribution is -0.151. The first-order valence-corrected chi connectivity index (χ1v) is 12.8. The molecule has 0 aliphatic carbocycles. The second kappa shape index (κ2) is 11.4. The Hall–Kier alpha value is -3.33. The highest BCUT2D eigenvalue weighted by Gasteiger charge is 2.29. The molecule has 0 bridgehead atoms. The highest BCUT2D eigenvalue weighted by molar-refractivity contribution is 7.98. The van der Waals surface area contributed by atoms with Crippen molar-refractivity contribution in [2.75, 3.05) is 33.3 Å². The molecule has 35 heavy (non-hydrogen) atoms. The molecule has 2 amide bonds. The van der Waals surface area contributed by atoms with E-state index in [1.807, 2.05) is 47.1 Å². The van der Waals surface area contributed by atoms with Crippen LogP contribution in [0.4, 0.5) is 0 Å². The number of imidazole rings is 1. The van der Waals surface area contributed by atoms with E-state index in [4.69, 9.17) is 4.74 Å². The van der Waals surface area contributed by atoms with E-state index >= 15 is 0 Å². The van der Waals surface area contributed by atoms with Crippen LogP contribution in [0.5, 0.6) is 0 Å². The lowest BCUT2D eigenvalue weighted by Gasteiger charge is -2.32. The zero-order valence-corrected chi connectivity index (χ0v) is 20.9. The van der Waals surface area contributed by atoms with Crippen LogP contribution in [0.3, 0.4) is 0 Å². The van der Waals surface area contributed by atoms with E-state index in [9.17, 15) is 14.4 Å². The molecule has 1 aliphatic heterocycles. The number of pyridine rings is 1. The van der Waals surface area contributed by atoms with Gasteiger partial charge in [-0.15, -0.1) is 11.8 Å². The Labute approximate surface area is 209 Å². The first kappa shape index (κ1) is 24.8. The molecule has 1 aromatic carbocycles. The summed E-state index contributed by atoms with van der Waals surface area (Å²) >= 11 is 1.66. The van der Waals surface area contributed by atoms with Crippen molar-refractivity contribution in [3.63, 3.8) is 0 Å². The molecule has 0 radical (unpaired) electrons. The Morgan fingerprint density at radius 3 is 2.54 bits per heavy atom. The molecule has 0 spiro atoms. The van der Waals surface area contributed by atoms with Crippen molar-refractivity contribution in [2.45, 2.75) is 30.4 Å². The third kappa shape index (κ3) is 6.22. The molecule has 0 unspecified atom stereocenters. The Morgan fingerprint density at radius 2 is 1.86 bits per heavy atom. The lowest BCUT2D eigenvalue weighted by Crippen LogP contribution is -2.45. The van der Waals surface area contributed by atoms with Gasteiger partial charge >= 0.3 is 5.97 Å². The van der Waals surface area contributed by atoms with Crippen LogP contribution >= 0.6 is 11.8 Å². The molecule has 8 nitrogen and oxygen atoms in total. The SMILES string of the molecule is CCOC(=O)C1CCN(C(=O)CN(C)C(=O)c2ccc(SCc3cn4ccccc4n3)cc2)CC1. The predicted molar refractivity (Wildman–Crippen MR) is 134 cm³/mol. The van der Waals surface area contributed by atoms with Gasteiger partial charge < -0.3 is 18.9 Å². The minimum absolute atomic E-state index is 0.00723. The van der Waals surface area contributed by atoms with Crippen LogP contribution in [0.25, 0.3) is 5.65 Å². The molecule has 4 rings (SSSR count). The minimum atomic E-state index is -0.198. The van der Waals surface area contributed by atoms with Crippen molar-refractivity contribution in [2.24, 2.45) is 5.92 Å². The van der Waals surface area contributed by atoms with Gasteiger partial charge in [0.2, 0.25) is 5.91 Å². The topological polar surface area (TPSA) is 84.2 Å². The normalized spacial score (nSPS) is 14.2. The van der Waals surface area contributed by atoms with E-state index in [-0.39, 0.29) is 30.2 Å². The van der Waals surface area contributed by atoms with Gasteiger partial charge in [0.15, 0.2) is 0 Å². The van der Waals surface area contributed by atoms with Crippen LogP contribution in [0.1, 0.15) is 35.8 Å². The Morgan fingerprint density at radius 1 is 1.11 bits per heavy atom. The summed E-state index contributed by atoms with van der Waals surface area (Å²) in [5, 5.41) is 0. The highest BCUT2D eigenvalue weighted by atomic mass is 32.2. The number of amides is 2. The van der Waals surface area contributed by atoms with Gasteiger partial charge in [0.05, 0.1) is 24.8 Å².